The van der Waals surface area contributed by atoms with Crippen LogP contribution >= 0.6 is 11.6 Å². The largest absolute Gasteiger partial charge is 0.467 e. The van der Waals surface area contributed by atoms with Crippen LogP contribution in [0.4, 0.5) is 0 Å². The lowest BCUT2D eigenvalue weighted by Crippen LogP contribution is -2.16. The molecule has 0 aliphatic rings. The molecule has 1 atom stereocenters. The molecule has 0 amide bonds. The second kappa shape index (κ2) is 4.51. The zero-order valence-corrected chi connectivity index (χ0v) is 9.16. The van der Waals surface area contributed by atoms with Crippen molar-refractivity contribution in [1.29, 1.82) is 0 Å². The van der Waals surface area contributed by atoms with E-state index in [-0.39, 0.29) is 6.04 Å². The van der Waals surface area contributed by atoms with Crippen molar-refractivity contribution in [2.45, 2.75) is 6.04 Å². The molecule has 1 aromatic heterocycles. The predicted octanol–water partition coefficient (Wildman–Crippen LogP) is 3.24. The predicted molar refractivity (Wildman–Crippen MR) is 61.1 cm³/mol. The molecule has 15 heavy (non-hydrogen) atoms. The summed E-state index contributed by atoms with van der Waals surface area (Å²) in [6.45, 7) is 0. The lowest BCUT2D eigenvalue weighted by Gasteiger charge is -2.13. The average molecular weight is 222 g/mol. The minimum absolute atomic E-state index is 0.0808. The molecule has 0 bridgehead atoms. The van der Waals surface area contributed by atoms with Crippen molar-refractivity contribution in [3.63, 3.8) is 0 Å². The highest BCUT2D eigenvalue weighted by molar-refractivity contribution is 6.30. The van der Waals surface area contributed by atoms with Crippen LogP contribution in [0.25, 0.3) is 0 Å². The van der Waals surface area contributed by atoms with Crippen molar-refractivity contribution in [3.8, 4) is 0 Å². The van der Waals surface area contributed by atoms with Crippen LogP contribution in [-0.2, 0) is 0 Å². The van der Waals surface area contributed by atoms with E-state index >= 15 is 0 Å². The van der Waals surface area contributed by atoms with Crippen LogP contribution < -0.4 is 5.32 Å². The van der Waals surface area contributed by atoms with Gasteiger partial charge in [-0.3, -0.25) is 0 Å². The molecule has 0 aliphatic heterocycles. The molecular formula is C12H12ClNO. The van der Waals surface area contributed by atoms with Gasteiger partial charge >= 0.3 is 0 Å². The summed E-state index contributed by atoms with van der Waals surface area (Å²) in [5.41, 5.74) is 1.14. The van der Waals surface area contributed by atoms with Crippen molar-refractivity contribution >= 4 is 11.6 Å². The molecule has 2 nitrogen and oxygen atoms in total. The molecule has 0 aliphatic carbocycles. The van der Waals surface area contributed by atoms with Gasteiger partial charge in [0.05, 0.1) is 12.3 Å². The maximum Gasteiger partial charge on any atom is 0.125 e. The van der Waals surface area contributed by atoms with Gasteiger partial charge < -0.3 is 9.73 Å². The molecular weight excluding hydrogens is 210 g/mol. The Bertz CT molecular complexity index is 408. The second-order valence-corrected chi connectivity index (χ2v) is 3.73. The Balaban J connectivity index is 2.31. The third-order valence-electron chi connectivity index (χ3n) is 2.32. The number of rotatable bonds is 3. The summed E-state index contributed by atoms with van der Waals surface area (Å²) >= 11 is 5.84. The topological polar surface area (TPSA) is 25.2 Å². The number of hydrogen-bond donors (Lipinski definition) is 1. The summed E-state index contributed by atoms with van der Waals surface area (Å²) in [7, 11) is 1.90. The Kier molecular flexibility index (Phi) is 3.09. The van der Waals surface area contributed by atoms with E-state index in [1.54, 1.807) is 6.26 Å². The Morgan fingerprint density at radius 2 is 1.93 bits per heavy atom. The molecule has 78 valence electrons. The van der Waals surface area contributed by atoms with E-state index in [1.807, 2.05) is 43.4 Å². The molecule has 3 heteroatoms. The van der Waals surface area contributed by atoms with E-state index in [0.29, 0.717) is 0 Å². The zero-order chi connectivity index (χ0) is 10.7. The zero-order valence-electron chi connectivity index (χ0n) is 8.41. The third kappa shape index (κ3) is 2.22. The maximum atomic E-state index is 5.84. The van der Waals surface area contributed by atoms with Gasteiger partial charge in [0.25, 0.3) is 0 Å². The normalized spacial score (nSPS) is 12.7. The number of hydrogen-bond acceptors (Lipinski definition) is 2. The quantitative estimate of drug-likeness (QED) is 0.861. The molecule has 1 heterocycles. The maximum absolute atomic E-state index is 5.84. The van der Waals surface area contributed by atoms with Crippen molar-refractivity contribution < 1.29 is 4.42 Å². The summed E-state index contributed by atoms with van der Waals surface area (Å²) in [5.74, 6) is 0.903. The molecule has 0 spiro atoms. The van der Waals surface area contributed by atoms with Crippen molar-refractivity contribution in [1.82, 2.24) is 5.32 Å². The summed E-state index contributed by atoms with van der Waals surface area (Å²) in [6, 6.07) is 11.7. The fraction of sp³-hybridized carbons (Fsp3) is 0.167. The number of furan rings is 1. The molecule has 1 unspecified atom stereocenters. The van der Waals surface area contributed by atoms with Crippen LogP contribution in [0.1, 0.15) is 17.4 Å². The van der Waals surface area contributed by atoms with Crippen LogP contribution in [0.3, 0.4) is 0 Å². The fourth-order valence-electron chi connectivity index (χ4n) is 1.58. The van der Waals surface area contributed by atoms with Gasteiger partial charge in [0.1, 0.15) is 5.76 Å². The van der Waals surface area contributed by atoms with E-state index in [4.69, 9.17) is 16.0 Å². The molecule has 0 radical (unpaired) electrons. The van der Waals surface area contributed by atoms with Crippen LogP contribution in [0, 0.1) is 0 Å². The Morgan fingerprint density at radius 1 is 1.20 bits per heavy atom. The first-order valence-electron chi connectivity index (χ1n) is 4.77. The highest BCUT2D eigenvalue weighted by Gasteiger charge is 2.13. The van der Waals surface area contributed by atoms with Gasteiger partial charge in [-0.25, -0.2) is 0 Å². The molecule has 0 saturated carbocycles. The van der Waals surface area contributed by atoms with Gasteiger partial charge in [0.2, 0.25) is 0 Å². The minimum atomic E-state index is 0.0808. The Hall–Kier alpha value is -1.25. The summed E-state index contributed by atoms with van der Waals surface area (Å²) in [6.07, 6.45) is 1.68. The Labute approximate surface area is 93.9 Å². The lowest BCUT2D eigenvalue weighted by atomic mass is 10.1. The molecule has 0 saturated heterocycles. The smallest absolute Gasteiger partial charge is 0.125 e. The monoisotopic (exact) mass is 221 g/mol. The summed E-state index contributed by atoms with van der Waals surface area (Å²) < 4.78 is 5.38. The standard InChI is InChI=1S/C12H12ClNO/c1-14-12(11-3-2-8-15-11)9-4-6-10(13)7-5-9/h2-8,12,14H,1H3. The van der Waals surface area contributed by atoms with Crippen molar-refractivity contribution in [2.75, 3.05) is 7.05 Å². The van der Waals surface area contributed by atoms with Gasteiger partial charge in [-0.15, -0.1) is 0 Å². The lowest BCUT2D eigenvalue weighted by molar-refractivity contribution is 0.463. The van der Waals surface area contributed by atoms with E-state index in [9.17, 15) is 0 Å². The first-order chi connectivity index (χ1) is 7.31. The van der Waals surface area contributed by atoms with E-state index in [0.717, 1.165) is 16.3 Å². The van der Waals surface area contributed by atoms with E-state index < -0.39 is 0 Å². The van der Waals surface area contributed by atoms with Crippen LogP contribution in [0.15, 0.2) is 47.1 Å². The van der Waals surface area contributed by atoms with Gasteiger partial charge in [0.15, 0.2) is 0 Å². The third-order valence-corrected chi connectivity index (χ3v) is 2.57. The highest BCUT2D eigenvalue weighted by Crippen LogP contribution is 2.23. The fourth-order valence-corrected chi connectivity index (χ4v) is 1.71. The number of halogens is 1. The SMILES string of the molecule is CNC(c1ccc(Cl)cc1)c1ccco1. The van der Waals surface area contributed by atoms with Gasteiger partial charge in [-0.1, -0.05) is 23.7 Å². The van der Waals surface area contributed by atoms with Crippen LogP contribution in [0.5, 0.6) is 0 Å². The number of nitrogens with one attached hydrogen (secondary N) is 1. The molecule has 1 aromatic carbocycles. The summed E-state index contributed by atoms with van der Waals surface area (Å²) in [5, 5.41) is 3.95. The minimum Gasteiger partial charge on any atom is -0.467 e. The van der Waals surface area contributed by atoms with E-state index in [2.05, 4.69) is 5.32 Å². The van der Waals surface area contributed by atoms with Gasteiger partial charge in [-0.2, -0.15) is 0 Å². The molecule has 0 fully saturated rings. The van der Waals surface area contributed by atoms with Gasteiger partial charge in [0, 0.05) is 5.02 Å². The first kappa shape index (κ1) is 10.3. The second-order valence-electron chi connectivity index (χ2n) is 3.29. The average Bonchev–Trinajstić information content (AvgIpc) is 2.75. The van der Waals surface area contributed by atoms with Crippen molar-refractivity contribution in [3.05, 3.63) is 59.0 Å². The van der Waals surface area contributed by atoms with Gasteiger partial charge in [-0.05, 0) is 36.9 Å². The molecule has 1 N–H and O–H groups in total. The van der Waals surface area contributed by atoms with Crippen molar-refractivity contribution in [2.24, 2.45) is 0 Å². The van der Waals surface area contributed by atoms with Crippen LogP contribution in [-0.4, -0.2) is 7.05 Å². The molecule has 2 rings (SSSR count). The van der Waals surface area contributed by atoms with E-state index in [1.165, 1.54) is 0 Å². The number of benzene rings is 1. The Morgan fingerprint density at radius 3 is 2.47 bits per heavy atom. The summed E-state index contributed by atoms with van der Waals surface area (Å²) in [4.78, 5) is 0. The van der Waals surface area contributed by atoms with Crippen LogP contribution in [0.2, 0.25) is 5.02 Å². The molecule has 2 aromatic rings. The highest BCUT2D eigenvalue weighted by atomic mass is 35.5. The first-order valence-corrected chi connectivity index (χ1v) is 5.15.